The molecule has 0 atom stereocenters. The number of para-hydroxylation sites is 1. The third-order valence-corrected chi connectivity index (χ3v) is 3.52. The van der Waals surface area contributed by atoms with E-state index < -0.39 is 0 Å². The molecule has 1 aromatic heterocycles. The first-order valence-corrected chi connectivity index (χ1v) is 6.34. The molecule has 0 amide bonds. The number of nitrogens with one attached hydrogen (secondary N) is 1. The van der Waals surface area contributed by atoms with Crippen molar-refractivity contribution in [1.82, 2.24) is 4.98 Å². The molecule has 94 valence electrons. The maximum absolute atomic E-state index is 11.4. The molecule has 2 heteroatoms. The third-order valence-electron chi connectivity index (χ3n) is 3.52. The van der Waals surface area contributed by atoms with Crippen LogP contribution in [-0.4, -0.2) is 11.3 Å². The van der Waals surface area contributed by atoms with Crippen LogP contribution in [0.25, 0.3) is 22.2 Å². The SMILES string of the molecule is Cc1ccc(-c2[nH]c3ccccc3c2C=O)c(C)c1. The van der Waals surface area contributed by atoms with Gasteiger partial charge in [0, 0.05) is 22.0 Å². The second kappa shape index (κ2) is 4.39. The van der Waals surface area contributed by atoms with Gasteiger partial charge in [-0.25, -0.2) is 0 Å². The van der Waals surface area contributed by atoms with Gasteiger partial charge in [-0.2, -0.15) is 0 Å². The van der Waals surface area contributed by atoms with Gasteiger partial charge in [0.2, 0.25) is 0 Å². The number of carbonyl (C=O) groups excluding carboxylic acids is 1. The number of hydrogen-bond donors (Lipinski definition) is 1. The van der Waals surface area contributed by atoms with Gasteiger partial charge in [0.25, 0.3) is 0 Å². The van der Waals surface area contributed by atoms with E-state index in [0.29, 0.717) is 0 Å². The van der Waals surface area contributed by atoms with E-state index >= 15 is 0 Å². The number of carbonyl (C=O) groups is 1. The van der Waals surface area contributed by atoms with Gasteiger partial charge >= 0.3 is 0 Å². The zero-order valence-electron chi connectivity index (χ0n) is 11.0. The molecule has 0 aliphatic heterocycles. The van der Waals surface area contributed by atoms with Crippen LogP contribution in [-0.2, 0) is 0 Å². The summed E-state index contributed by atoms with van der Waals surface area (Å²) >= 11 is 0. The normalized spacial score (nSPS) is 10.8. The standard InChI is InChI=1S/C17H15NO/c1-11-7-8-13(12(2)9-11)17-15(10-19)14-5-3-4-6-16(14)18-17/h3-10,18H,1-2H3. The van der Waals surface area contributed by atoms with Crippen LogP contribution in [0, 0.1) is 13.8 Å². The van der Waals surface area contributed by atoms with Gasteiger partial charge in [-0.15, -0.1) is 0 Å². The minimum Gasteiger partial charge on any atom is -0.354 e. The zero-order valence-corrected chi connectivity index (χ0v) is 11.0. The highest BCUT2D eigenvalue weighted by atomic mass is 16.1. The molecule has 3 aromatic rings. The Labute approximate surface area is 112 Å². The number of fused-ring (bicyclic) bond motifs is 1. The monoisotopic (exact) mass is 249 g/mol. The lowest BCUT2D eigenvalue weighted by atomic mass is 10.00. The van der Waals surface area contributed by atoms with E-state index in [0.717, 1.165) is 34.0 Å². The van der Waals surface area contributed by atoms with Crippen LogP contribution in [0.5, 0.6) is 0 Å². The summed E-state index contributed by atoms with van der Waals surface area (Å²) in [6.45, 7) is 4.14. The van der Waals surface area contributed by atoms with Crippen LogP contribution in [0.4, 0.5) is 0 Å². The van der Waals surface area contributed by atoms with E-state index in [2.05, 4.69) is 37.0 Å². The van der Waals surface area contributed by atoms with Crippen LogP contribution >= 0.6 is 0 Å². The van der Waals surface area contributed by atoms with E-state index in [4.69, 9.17) is 0 Å². The summed E-state index contributed by atoms with van der Waals surface area (Å²) in [5.41, 5.74) is 6.14. The van der Waals surface area contributed by atoms with Gasteiger partial charge in [-0.05, 0) is 25.5 Å². The molecular formula is C17H15NO. The lowest BCUT2D eigenvalue weighted by Gasteiger charge is -2.06. The summed E-state index contributed by atoms with van der Waals surface area (Å²) in [5, 5.41) is 0.979. The highest BCUT2D eigenvalue weighted by Gasteiger charge is 2.13. The number of hydrogen-bond acceptors (Lipinski definition) is 1. The number of aldehydes is 1. The predicted molar refractivity (Wildman–Crippen MR) is 78.6 cm³/mol. The zero-order chi connectivity index (χ0) is 13.4. The highest BCUT2D eigenvalue weighted by Crippen LogP contribution is 2.31. The van der Waals surface area contributed by atoms with Crippen molar-refractivity contribution in [3.63, 3.8) is 0 Å². The second-order valence-corrected chi connectivity index (χ2v) is 4.90. The first kappa shape index (κ1) is 11.7. The van der Waals surface area contributed by atoms with Gasteiger partial charge in [-0.1, -0.05) is 42.0 Å². The average Bonchev–Trinajstić information content (AvgIpc) is 2.76. The predicted octanol–water partition coefficient (Wildman–Crippen LogP) is 4.26. The van der Waals surface area contributed by atoms with Crippen LogP contribution in [0.2, 0.25) is 0 Å². The Kier molecular flexibility index (Phi) is 2.71. The fourth-order valence-corrected chi connectivity index (χ4v) is 2.59. The Morgan fingerprint density at radius 2 is 1.84 bits per heavy atom. The molecule has 19 heavy (non-hydrogen) atoms. The minimum absolute atomic E-state index is 0.738. The van der Waals surface area contributed by atoms with Gasteiger partial charge in [0.1, 0.15) is 0 Å². The molecule has 1 heterocycles. The Morgan fingerprint density at radius 3 is 2.58 bits per heavy atom. The Bertz CT molecular complexity index is 768. The van der Waals surface area contributed by atoms with Crippen molar-refractivity contribution < 1.29 is 4.79 Å². The quantitative estimate of drug-likeness (QED) is 0.676. The molecule has 0 bridgehead atoms. The molecule has 0 aliphatic carbocycles. The molecule has 0 unspecified atom stereocenters. The third kappa shape index (κ3) is 1.85. The van der Waals surface area contributed by atoms with Crippen molar-refractivity contribution in [2.24, 2.45) is 0 Å². The fourth-order valence-electron chi connectivity index (χ4n) is 2.59. The number of aromatic nitrogens is 1. The minimum atomic E-state index is 0.738. The molecule has 2 aromatic carbocycles. The van der Waals surface area contributed by atoms with Crippen molar-refractivity contribution in [2.75, 3.05) is 0 Å². The lowest BCUT2D eigenvalue weighted by Crippen LogP contribution is -1.89. The van der Waals surface area contributed by atoms with E-state index in [9.17, 15) is 4.79 Å². The molecule has 0 radical (unpaired) electrons. The highest BCUT2D eigenvalue weighted by molar-refractivity contribution is 6.04. The van der Waals surface area contributed by atoms with Crippen molar-refractivity contribution in [1.29, 1.82) is 0 Å². The second-order valence-electron chi connectivity index (χ2n) is 4.90. The molecule has 3 rings (SSSR count). The largest absolute Gasteiger partial charge is 0.354 e. The smallest absolute Gasteiger partial charge is 0.152 e. The summed E-state index contributed by atoms with van der Waals surface area (Å²) in [4.78, 5) is 14.8. The van der Waals surface area contributed by atoms with E-state index in [1.165, 1.54) is 11.1 Å². The molecule has 0 saturated heterocycles. The van der Waals surface area contributed by atoms with E-state index in [1.807, 2.05) is 24.3 Å². The summed E-state index contributed by atoms with van der Waals surface area (Å²) in [6, 6.07) is 14.2. The Morgan fingerprint density at radius 1 is 1.05 bits per heavy atom. The topological polar surface area (TPSA) is 32.9 Å². The maximum atomic E-state index is 11.4. The Hall–Kier alpha value is -2.35. The molecule has 0 aliphatic rings. The number of aromatic amines is 1. The molecule has 0 spiro atoms. The summed E-state index contributed by atoms with van der Waals surface area (Å²) in [5.74, 6) is 0. The van der Waals surface area contributed by atoms with Crippen LogP contribution < -0.4 is 0 Å². The van der Waals surface area contributed by atoms with Crippen LogP contribution in [0.3, 0.4) is 0 Å². The van der Waals surface area contributed by atoms with Crippen molar-refractivity contribution in [3.05, 3.63) is 59.2 Å². The summed E-state index contributed by atoms with van der Waals surface area (Å²) in [7, 11) is 0. The van der Waals surface area contributed by atoms with Crippen LogP contribution in [0.15, 0.2) is 42.5 Å². The number of rotatable bonds is 2. The first-order valence-electron chi connectivity index (χ1n) is 6.34. The van der Waals surface area contributed by atoms with Gasteiger partial charge in [0.15, 0.2) is 6.29 Å². The van der Waals surface area contributed by atoms with Crippen LogP contribution in [0.1, 0.15) is 21.5 Å². The molecule has 0 saturated carbocycles. The number of benzene rings is 2. The van der Waals surface area contributed by atoms with Crippen molar-refractivity contribution in [3.8, 4) is 11.3 Å². The molecule has 0 fully saturated rings. The molecule has 1 N–H and O–H groups in total. The summed E-state index contributed by atoms with van der Waals surface area (Å²) < 4.78 is 0. The first-order chi connectivity index (χ1) is 9.20. The lowest BCUT2D eigenvalue weighted by molar-refractivity contribution is 0.112. The number of H-pyrrole nitrogens is 1. The maximum Gasteiger partial charge on any atom is 0.152 e. The Balaban J connectivity index is 2.33. The van der Waals surface area contributed by atoms with Gasteiger partial charge in [0.05, 0.1) is 5.69 Å². The van der Waals surface area contributed by atoms with E-state index in [1.54, 1.807) is 0 Å². The van der Waals surface area contributed by atoms with Crippen molar-refractivity contribution >= 4 is 17.2 Å². The average molecular weight is 249 g/mol. The fraction of sp³-hybridized carbons (Fsp3) is 0.118. The molecule has 2 nitrogen and oxygen atoms in total. The van der Waals surface area contributed by atoms with Gasteiger partial charge < -0.3 is 4.98 Å². The molecular weight excluding hydrogens is 234 g/mol. The van der Waals surface area contributed by atoms with E-state index in [-0.39, 0.29) is 0 Å². The van der Waals surface area contributed by atoms with Crippen molar-refractivity contribution in [2.45, 2.75) is 13.8 Å². The summed E-state index contributed by atoms with van der Waals surface area (Å²) in [6.07, 6.45) is 0.938. The number of aryl methyl sites for hydroxylation is 2. The van der Waals surface area contributed by atoms with Gasteiger partial charge in [-0.3, -0.25) is 4.79 Å².